The Morgan fingerprint density at radius 1 is 1.08 bits per heavy atom. The van der Waals surface area contributed by atoms with Crippen LogP contribution in [0.5, 0.6) is 5.88 Å². The lowest BCUT2D eigenvalue weighted by Crippen LogP contribution is -2.50. The van der Waals surface area contributed by atoms with Crippen LogP contribution in [0.25, 0.3) is 22.0 Å². The van der Waals surface area contributed by atoms with E-state index in [4.69, 9.17) is 16.3 Å². The zero-order valence-electron chi connectivity index (χ0n) is 21.1. The number of fused-ring (bicyclic) bond motifs is 1. The van der Waals surface area contributed by atoms with Crippen molar-refractivity contribution in [2.45, 2.75) is 38.6 Å². The average molecular weight is 530 g/mol. The van der Waals surface area contributed by atoms with Crippen LogP contribution in [0.4, 0.5) is 0 Å². The fourth-order valence-electron chi connectivity index (χ4n) is 6.38. The molecule has 2 aliphatic carbocycles. The Morgan fingerprint density at radius 3 is 2.55 bits per heavy atom. The van der Waals surface area contributed by atoms with Crippen LogP contribution in [-0.2, 0) is 11.3 Å². The first kappa shape index (κ1) is 24.6. The molecule has 8 heteroatoms. The highest BCUT2D eigenvalue weighted by Crippen LogP contribution is 2.62. The lowest BCUT2D eigenvalue weighted by atomic mass is 9.47. The number of pyridine rings is 1. The summed E-state index contributed by atoms with van der Waals surface area (Å²) in [5.74, 6) is 0.0176. The van der Waals surface area contributed by atoms with E-state index in [1.807, 2.05) is 22.9 Å². The summed E-state index contributed by atoms with van der Waals surface area (Å²) in [6, 6.07) is 15.7. The van der Waals surface area contributed by atoms with E-state index in [2.05, 4.69) is 34.3 Å². The van der Waals surface area contributed by atoms with Gasteiger partial charge in [0, 0.05) is 34.7 Å². The minimum atomic E-state index is -0.697. The normalized spacial score (nSPS) is 22.2. The summed E-state index contributed by atoms with van der Waals surface area (Å²) >= 11 is 6.38. The van der Waals surface area contributed by atoms with E-state index in [1.165, 1.54) is 0 Å². The van der Waals surface area contributed by atoms with Crippen LogP contribution >= 0.6 is 11.6 Å². The van der Waals surface area contributed by atoms with Gasteiger partial charge in [0.25, 0.3) is 0 Å². The molecule has 2 fully saturated rings. The van der Waals surface area contributed by atoms with E-state index < -0.39 is 5.97 Å². The van der Waals surface area contributed by atoms with E-state index in [1.54, 1.807) is 25.6 Å². The van der Waals surface area contributed by atoms with Crippen molar-refractivity contribution in [3.63, 3.8) is 0 Å². The highest BCUT2D eigenvalue weighted by Gasteiger charge is 2.54. The van der Waals surface area contributed by atoms with Crippen LogP contribution in [-0.4, -0.2) is 38.7 Å². The largest absolute Gasteiger partial charge is 0.481 e. The molecule has 2 aromatic heterocycles. The SMILES string of the molecule is COc1cc(-c2ccc(Cn3ncc4cc(Cl)cc(C(=O)CC5CC6(C5)CC(C(=O)O)C6)c43)cc2)ccn1. The number of aliphatic carboxylic acids is 1. The highest BCUT2D eigenvalue weighted by atomic mass is 35.5. The molecule has 2 heterocycles. The number of halogens is 1. The number of ether oxygens (including phenoxy) is 1. The summed E-state index contributed by atoms with van der Waals surface area (Å²) in [5.41, 5.74) is 4.68. The van der Waals surface area contributed by atoms with Gasteiger partial charge < -0.3 is 9.84 Å². The number of rotatable bonds is 8. The number of benzene rings is 2. The second-order valence-corrected chi connectivity index (χ2v) is 11.3. The van der Waals surface area contributed by atoms with Crippen LogP contribution in [0.15, 0.2) is 60.9 Å². The van der Waals surface area contributed by atoms with E-state index >= 15 is 0 Å². The van der Waals surface area contributed by atoms with E-state index in [0.717, 1.165) is 53.3 Å². The molecule has 194 valence electrons. The van der Waals surface area contributed by atoms with Crippen molar-refractivity contribution in [1.82, 2.24) is 14.8 Å². The molecule has 0 atom stereocenters. The third-order valence-electron chi connectivity index (χ3n) is 8.19. The minimum Gasteiger partial charge on any atom is -0.481 e. The molecular weight excluding hydrogens is 502 g/mol. The van der Waals surface area contributed by atoms with Crippen molar-refractivity contribution in [1.29, 1.82) is 0 Å². The number of hydrogen-bond donors (Lipinski definition) is 1. The number of nitrogens with zero attached hydrogens (tertiary/aromatic N) is 3. The summed E-state index contributed by atoms with van der Waals surface area (Å²) in [4.78, 5) is 28.8. The van der Waals surface area contributed by atoms with Gasteiger partial charge in [0.1, 0.15) is 0 Å². The molecule has 1 spiro atoms. The molecule has 0 unspecified atom stereocenters. The van der Waals surface area contributed by atoms with Crippen molar-refractivity contribution >= 4 is 34.3 Å². The Bertz CT molecular complexity index is 1530. The minimum absolute atomic E-state index is 0.0650. The topological polar surface area (TPSA) is 94.3 Å². The second-order valence-electron chi connectivity index (χ2n) is 10.8. The summed E-state index contributed by atoms with van der Waals surface area (Å²) in [6.45, 7) is 0.522. The first-order valence-corrected chi connectivity index (χ1v) is 13.2. The number of carboxylic acids is 1. The Hall–Kier alpha value is -3.71. The molecule has 2 saturated carbocycles. The molecule has 4 aromatic rings. The first-order chi connectivity index (χ1) is 18.3. The van der Waals surface area contributed by atoms with Crippen molar-refractivity contribution in [3.8, 4) is 17.0 Å². The molecule has 2 aliphatic rings. The van der Waals surface area contributed by atoms with Crippen molar-refractivity contribution < 1.29 is 19.4 Å². The van der Waals surface area contributed by atoms with Crippen LogP contribution in [0.1, 0.15) is 48.0 Å². The maximum absolute atomic E-state index is 13.5. The number of aromatic nitrogens is 3. The first-order valence-electron chi connectivity index (χ1n) is 12.8. The standard InChI is InChI=1S/C30H28ClN3O4/c1-38-27-10-21(6-7-32-27)20-4-2-18(3-5-20)17-34-28-22(16-33-34)9-24(31)11-25(28)26(35)8-19-12-30(13-19)14-23(15-30)29(36)37/h2-7,9-11,16,19,23H,8,12-15,17H2,1H3,(H,36,37). The molecule has 0 amide bonds. The number of Topliss-reactive ketones (excluding diaryl/α,β-unsaturated/α-hetero) is 1. The summed E-state index contributed by atoms with van der Waals surface area (Å²) in [5, 5.41) is 15.1. The number of methoxy groups -OCH3 is 1. The molecular formula is C30H28ClN3O4. The zero-order valence-corrected chi connectivity index (χ0v) is 21.8. The van der Waals surface area contributed by atoms with Gasteiger partial charge in [0.15, 0.2) is 5.78 Å². The van der Waals surface area contributed by atoms with Crippen LogP contribution in [0.2, 0.25) is 5.02 Å². The molecule has 0 bridgehead atoms. The summed E-state index contributed by atoms with van der Waals surface area (Å²) in [6.07, 6.45) is 7.29. The van der Waals surface area contributed by atoms with Gasteiger partial charge in [0.2, 0.25) is 5.88 Å². The fraction of sp³-hybridized carbons (Fsp3) is 0.333. The highest BCUT2D eigenvalue weighted by molar-refractivity contribution is 6.32. The second kappa shape index (κ2) is 9.55. The molecule has 0 saturated heterocycles. The van der Waals surface area contributed by atoms with Gasteiger partial charge in [-0.3, -0.25) is 14.3 Å². The van der Waals surface area contributed by atoms with Crippen LogP contribution < -0.4 is 4.74 Å². The lowest BCUT2D eigenvalue weighted by molar-refractivity contribution is -0.157. The molecule has 38 heavy (non-hydrogen) atoms. The van der Waals surface area contributed by atoms with E-state index in [-0.39, 0.29) is 17.1 Å². The number of carbonyl (C=O) groups excluding carboxylic acids is 1. The van der Waals surface area contributed by atoms with Crippen LogP contribution in [0.3, 0.4) is 0 Å². The van der Waals surface area contributed by atoms with Gasteiger partial charge >= 0.3 is 5.97 Å². The average Bonchev–Trinajstić information content (AvgIpc) is 3.26. The monoisotopic (exact) mass is 529 g/mol. The molecule has 1 N–H and O–H groups in total. The van der Waals surface area contributed by atoms with Gasteiger partial charge in [-0.2, -0.15) is 5.10 Å². The fourth-order valence-corrected chi connectivity index (χ4v) is 6.61. The zero-order chi connectivity index (χ0) is 26.4. The van der Waals surface area contributed by atoms with Crippen LogP contribution in [0, 0.1) is 17.3 Å². The third-order valence-corrected chi connectivity index (χ3v) is 8.41. The number of carbonyl (C=O) groups is 2. The van der Waals surface area contributed by atoms with Gasteiger partial charge in [-0.15, -0.1) is 0 Å². The number of ketones is 1. The maximum atomic E-state index is 13.5. The Balaban J connectivity index is 1.19. The van der Waals surface area contributed by atoms with Gasteiger partial charge in [-0.1, -0.05) is 35.9 Å². The summed E-state index contributed by atoms with van der Waals surface area (Å²) in [7, 11) is 1.60. The Labute approximate surface area is 225 Å². The van der Waals surface area contributed by atoms with E-state index in [0.29, 0.717) is 35.3 Å². The third kappa shape index (κ3) is 4.56. The molecule has 7 nitrogen and oxygen atoms in total. The van der Waals surface area contributed by atoms with Crippen molar-refractivity contribution in [3.05, 3.63) is 77.1 Å². The predicted octanol–water partition coefficient (Wildman–Crippen LogP) is 6.27. The van der Waals surface area contributed by atoms with E-state index in [9.17, 15) is 14.7 Å². The van der Waals surface area contributed by atoms with Gasteiger partial charge in [-0.05, 0) is 71.9 Å². The Kier molecular flexibility index (Phi) is 6.19. The quantitative estimate of drug-likeness (QED) is 0.270. The molecule has 0 radical (unpaired) electrons. The molecule has 0 aliphatic heterocycles. The summed E-state index contributed by atoms with van der Waals surface area (Å²) < 4.78 is 7.11. The van der Waals surface area contributed by atoms with Crippen molar-refractivity contribution in [2.75, 3.05) is 7.11 Å². The number of hydrogen-bond acceptors (Lipinski definition) is 5. The van der Waals surface area contributed by atoms with Crippen molar-refractivity contribution in [2.24, 2.45) is 17.3 Å². The van der Waals surface area contributed by atoms with Gasteiger partial charge in [-0.25, -0.2) is 4.98 Å². The molecule has 6 rings (SSSR count). The predicted molar refractivity (Wildman–Crippen MR) is 145 cm³/mol. The van der Waals surface area contributed by atoms with Gasteiger partial charge in [0.05, 0.1) is 31.3 Å². The Morgan fingerprint density at radius 2 is 1.84 bits per heavy atom. The maximum Gasteiger partial charge on any atom is 0.306 e. The molecule has 2 aromatic carbocycles. The number of carboxylic acid groups (broad SMARTS) is 1. The smallest absolute Gasteiger partial charge is 0.306 e. The lowest BCUT2D eigenvalue weighted by Gasteiger charge is -2.56.